The molecular weight excluding hydrogens is 336 g/mol. The molecule has 1 aliphatic rings. The molecule has 0 aromatic heterocycles. The SMILES string of the molecule is CC(C)CC(=O)NC(C(=O)N1CCC(O)(C(=O)O)CC1)c1ccccc1. The lowest BCUT2D eigenvalue weighted by atomic mass is 9.91. The average molecular weight is 362 g/mol. The summed E-state index contributed by atoms with van der Waals surface area (Å²) < 4.78 is 0. The molecule has 1 saturated heterocycles. The number of hydrogen-bond acceptors (Lipinski definition) is 4. The number of piperidine rings is 1. The van der Waals surface area contributed by atoms with Crippen LogP contribution in [0.5, 0.6) is 0 Å². The van der Waals surface area contributed by atoms with E-state index in [1.165, 1.54) is 4.90 Å². The van der Waals surface area contributed by atoms with Crippen LogP contribution in [0, 0.1) is 5.92 Å². The van der Waals surface area contributed by atoms with Gasteiger partial charge in [-0.25, -0.2) is 4.79 Å². The second-order valence-corrected chi connectivity index (χ2v) is 7.17. The Morgan fingerprint density at radius 3 is 2.23 bits per heavy atom. The molecule has 7 nitrogen and oxygen atoms in total. The number of likely N-dealkylation sites (tertiary alicyclic amines) is 1. The first-order valence-corrected chi connectivity index (χ1v) is 8.82. The van der Waals surface area contributed by atoms with Crippen molar-refractivity contribution in [1.29, 1.82) is 0 Å². The van der Waals surface area contributed by atoms with Gasteiger partial charge >= 0.3 is 5.97 Å². The molecule has 1 aromatic carbocycles. The zero-order valence-corrected chi connectivity index (χ0v) is 15.1. The maximum atomic E-state index is 13.0. The standard InChI is InChI=1S/C19H26N2O5/c1-13(2)12-15(22)20-16(14-6-4-3-5-7-14)17(23)21-10-8-19(26,9-11-21)18(24)25/h3-7,13,16,26H,8-12H2,1-2H3,(H,20,22)(H,24,25). The van der Waals surface area contributed by atoms with E-state index in [1.54, 1.807) is 24.3 Å². The van der Waals surface area contributed by atoms with Crippen LogP contribution in [0.2, 0.25) is 0 Å². The number of carbonyl (C=O) groups is 3. The van der Waals surface area contributed by atoms with E-state index < -0.39 is 17.6 Å². The summed E-state index contributed by atoms with van der Waals surface area (Å²) in [5.74, 6) is -1.60. The van der Waals surface area contributed by atoms with Crippen LogP contribution in [0.25, 0.3) is 0 Å². The summed E-state index contributed by atoms with van der Waals surface area (Å²) in [6, 6.07) is 8.14. The average Bonchev–Trinajstić information content (AvgIpc) is 2.60. The van der Waals surface area contributed by atoms with E-state index in [4.69, 9.17) is 5.11 Å². The highest BCUT2D eigenvalue weighted by Gasteiger charge is 2.41. The topological polar surface area (TPSA) is 107 Å². The molecule has 1 aliphatic heterocycles. The van der Waals surface area contributed by atoms with Crippen LogP contribution in [0.15, 0.2) is 30.3 Å². The highest BCUT2D eigenvalue weighted by atomic mass is 16.4. The summed E-state index contributed by atoms with van der Waals surface area (Å²) in [6.45, 7) is 4.11. The van der Waals surface area contributed by atoms with Gasteiger partial charge in [0.2, 0.25) is 11.8 Å². The molecule has 1 aromatic rings. The van der Waals surface area contributed by atoms with Crippen molar-refractivity contribution >= 4 is 17.8 Å². The zero-order chi connectivity index (χ0) is 19.3. The van der Waals surface area contributed by atoms with Crippen molar-refractivity contribution in [2.45, 2.75) is 44.8 Å². The van der Waals surface area contributed by atoms with Crippen molar-refractivity contribution in [3.8, 4) is 0 Å². The van der Waals surface area contributed by atoms with Crippen molar-refractivity contribution in [3.63, 3.8) is 0 Å². The molecule has 1 unspecified atom stereocenters. The second kappa shape index (κ2) is 8.31. The van der Waals surface area contributed by atoms with Gasteiger partial charge in [-0.2, -0.15) is 0 Å². The molecule has 0 aliphatic carbocycles. The number of carboxylic acids is 1. The van der Waals surface area contributed by atoms with Crippen LogP contribution >= 0.6 is 0 Å². The summed E-state index contributed by atoms with van der Waals surface area (Å²) in [7, 11) is 0. The summed E-state index contributed by atoms with van der Waals surface area (Å²) in [6.07, 6.45) is 0.250. The predicted molar refractivity (Wildman–Crippen MR) is 95.2 cm³/mol. The fourth-order valence-electron chi connectivity index (χ4n) is 3.02. The van der Waals surface area contributed by atoms with Crippen LogP contribution in [0.4, 0.5) is 0 Å². The van der Waals surface area contributed by atoms with E-state index in [-0.39, 0.29) is 43.7 Å². The number of aliphatic hydroxyl groups is 1. The Hall–Kier alpha value is -2.41. The fourth-order valence-corrected chi connectivity index (χ4v) is 3.02. The molecule has 2 rings (SSSR count). The first-order valence-electron chi connectivity index (χ1n) is 8.82. The molecule has 0 radical (unpaired) electrons. The van der Waals surface area contributed by atoms with Crippen LogP contribution in [-0.2, 0) is 14.4 Å². The maximum Gasteiger partial charge on any atom is 0.335 e. The van der Waals surface area contributed by atoms with Gasteiger partial charge in [-0.3, -0.25) is 9.59 Å². The van der Waals surface area contributed by atoms with Gasteiger partial charge in [0.1, 0.15) is 6.04 Å². The number of carboxylic acid groups (broad SMARTS) is 1. The predicted octanol–water partition coefficient (Wildman–Crippen LogP) is 1.33. The van der Waals surface area contributed by atoms with Crippen molar-refractivity contribution in [3.05, 3.63) is 35.9 Å². The molecule has 1 atom stereocenters. The van der Waals surface area contributed by atoms with E-state index >= 15 is 0 Å². The quantitative estimate of drug-likeness (QED) is 0.708. The molecule has 0 bridgehead atoms. The first kappa shape index (κ1) is 19.9. The van der Waals surface area contributed by atoms with Gasteiger partial charge in [0.25, 0.3) is 0 Å². The van der Waals surface area contributed by atoms with Crippen LogP contribution in [0.1, 0.15) is 44.7 Å². The van der Waals surface area contributed by atoms with Gasteiger partial charge in [-0.15, -0.1) is 0 Å². The number of nitrogens with zero attached hydrogens (tertiary/aromatic N) is 1. The Morgan fingerprint density at radius 1 is 1.15 bits per heavy atom. The van der Waals surface area contributed by atoms with Crippen molar-refractivity contribution in [2.24, 2.45) is 5.92 Å². The number of carbonyl (C=O) groups excluding carboxylic acids is 2. The van der Waals surface area contributed by atoms with E-state index in [0.717, 1.165) is 0 Å². The van der Waals surface area contributed by atoms with Gasteiger partial charge in [0.05, 0.1) is 0 Å². The number of nitrogens with one attached hydrogen (secondary N) is 1. The lowest BCUT2D eigenvalue weighted by molar-refractivity contribution is -0.165. The van der Waals surface area contributed by atoms with Crippen molar-refractivity contribution < 1.29 is 24.6 Å². The third-order valence-electron chi connectivity index (χ3n) is 4.58. The Kier molecular flexibility index (Phi) is 6.37. The zero-order valence-electron chi connectivity index (χ0n) is 15.1. The first-order chi connectivity index (χ1) is 12.2. The highest BCUT2D eigenvalue weighted by Crippen LogP contribution is 2.25. The van der Waals surface area contributed by atoms with Crippen LogP contribution < -0.4 is 5.32 Å². The monoisotopic (exact) mass is 362 g/mol. The molecule has 1 fully saturated rings. The second-order valence-electron chi connectivity index (χ2n) is 7.17. The Labute approximate surface area is 153 Å². The molecule has 1 heterocycles. The number of rotatable bonds is 6. The third-order valence-corrected chi connectivity index (χ3v) is 4.58. The number of benzene rings is 1. The Balaban J connectivity index is 2.14. The summed E-state index contributed by atoms with van der Waals surface area (Å²) in [5.41, 5.74) is -1.12. The lowest BCUT2D eigenvalue weighted by Crippen LogP contribution is -2.53. The van der Waals surface area contributed by atoms with Crippen LogP contribution in [0.3, 0.4) is 0 Å². The third kappa shape index (κ3) is 4.82. The van der Waals surface area contributed by atoms with E-state index in [0.29, 0.717) is 12.0 Å². The minimum atomic E-state index is -1.79. The highest BCUT2D eigenvalue weighted by molar-refractivity contribution is 5.89. The lowest BCUT2D eigenvalue weighted by Gasteiger charge is -2.37. The van der Waals surface area contributed by atoms with Gasteiger partial charge in [-0.1, -0.05) is 44.2 Å². The molecular formula is C19H26N2O5. The van der Waals surface area contributed by atoms with Crippen molar-refractivity contribution in [1.82, 2.24) is 10.2 Å². The molecule has 142 valence electrons. The van der Waals surface area contributed by atoms with E-state index in [9.17, 15) is 19.5 Å². The summed E-state index contributed by atoms with van der Waals surface area (Å²) in [4.78, 5) is 37.9. The van der Waals surface area contributed by atoms with Gasteiger partial charge in [-0.05, 0) is 11.5 Å². The van der Waals surface area contributed by atoms with Gasteiger partial charge in [0, 0.05) is 32.4 Å². The minimum Gasteiger partial charge on any atom is -0.479 e. The van der Waals surface area contributed by atoms with Crippen LogP contribution in [-0.4, -0.2) is 51.6 Å². The number of hydrogen-bond donors (Lipinski definition) is 3. The largest absolute Gasteiger partial charge is 0.479 e. The number of amides is 2. The van der Waals surface area contributed by atoms with Gasteiger partial charge < -0.3 is 20.4 Å². The Morgan fingerprint density at radius 2 is 1.73 bits per heavy atom. The minimum absolute atomic E-state index is 0.0322. The number of aliphatic carboxylic acids is 1. The molecule has 0 spiro atoms. The summed E-state index contributed by atoms with van der Waals surface area (Å²) >= 11 is 0. The molecule has 0 saturated carbocycles. The fraction of sp³-hybridized carbons (Fsp3) is 0.526. The summed E-state index contributed by atoms with van der Waals surface area (Å²) in [5, 5.41) is 21.9. The molecule has 2 amide bonds. The molecule has 3 N–H and O–H groups in total. The maximum absolute atomic E-state index is 13.0. The molecule has 26 heavy (non-hydrogen) atoms. The van der Waals surface area contributed by atoms with E-state index in [2.05, 4.69) is 5.32 Å². The van der Waals surface area contributed by atoms with Crippen molar-refractivity contribution in [2.75, 3.05) is 13.1 Å². The Bertz CT molecular complexity index is 651. The smallest absolute Gasteiger partial charge is 0.335 e. The normalized spacial score (nSPS) is 17.6. The van der Waals surface area contributed by atoms with Gasteiger partial charge in [0.15, 0.2) is 5.60 Å². The molecule has 7 heteroatoms. The van der Waals surface area contributed by atoms with E-state index in [1.807, 2.05) is 19.9 Å².